The van der Waals surface area contributed by atoms with Crippen LogP contribution in [0.15, 0.2) is 76.9 Å². The molecule has 2 aromatic carbocycles. The monoisotopic (exact) mass is 486 g/mol. The highest BCUT2D eigenvalue weighted by Crippen LogP contribution is 2.35. The van der Waals surface area contributed by atoms with E-state index in [4.69, 9.17) is 0 Å². The van der Waals surface area contributed by atoms with Crippen LogP contribution in [-0.2, 0) is 17.8 Å². The van der Waals surface area contributed by atoms with Gasteiger partial charge in [-0.2, -0.15) is 5.10 Å². The summed E-state index contributed by atoms with van der Waals surface area (Å²) in [6, 6.07) is 21.3. The molecule has 0 aliphatic rings. The van der Waals surface area contributed by atoms with E-state index in [0.717, 1.165) is 36.8 Å². The van der Waals surface area contributed by atoms with E-state index in [1.807, 2.05) is 66.9 Å². The van der Waals surface area contributed by atoms with Crippen molar-refractivity contribution in [3.8, 4) is 20.5 Å². The lowest BCUT2D eigenvalue weighted by Crippen LogP contribution is -2.32. The van der Waals surface area contributed by atoms with Crippen LogP contribution in [0, 0.1) is 6.92 Å². The molecule has 0 aliphatic heterocycles. The summed E-state index contributed by atoms with van der Waals surface area (Å²) in [4.78, 5) is 31.7. The zero-order valence-electron chi connectivity index (χ0n) is 18.5. The van der Waals surface area contributed by atoms with E-state index in [1.54, 1.807) is 28.7 Å². The second kappa shape index (κ2) is 9.70. The van der Waals surface area contributed by atoms with Gasteiger partial charge in [0, 0.05) is 12.6 Å². The van der Waals surface area contributed by atoms with Crippen molar-refractivity contribution in [1.82, 2.24) is 20.1 Å². The van der Waals surface area contributed by atoms with Crippen LogP contribution in [0.5, 0.6) is 0 Å². The molecule has 0 spiro atoms. The van der Waals surface area contributed by atoms with Crippen molar-refractivity contribution in [2.24, 2.45) is 0 Å². The number of rotatable bonds is 7. The van der Waals surface area contributed by atoms with Gasteiger partial charge in [0.15, 0.2) is 0 Å². The Bertz CT molecular complexity index is 1510. The molecule has 8 heteroatoms. The molecule has 0 unspecified atom stereocenters. The van der Waals surface area contributed by atoms with Crippen LogP contribution < -0.4 is 10.9 Å². The van der Waals surface area contributed by atoms with Crippen LogP contribution >= 0.6 is 22.7 Å². The molecule has 0 fully saturated rings. The molecule has 0 radical (unpaired) electrons. The fraction of sp³-hybridized carbons (Fsp3) is 0.154. The molecule has 0 bridgehead atoms. The SMILES string of the molecule is Cc1nc(-c2cccs2)sc1-c1ccc(=O)n(CCNC(=O)Cc2cccc3ccccc23)n1. The number of nitrogens with one attached hydrogen (secondary N) is 1. The van der Waals surface area contributed by atoms with Gasteiger partial charge in [0.25, 0.3) is 5.56 Å². The Hall–Kier alpha value is -3.62. The van der Waals surface area contributed by atoms with E-state index in [9.17, 15) is 9.59 Å². The van der Waals surface area contributed by atoms with Crippen molar-refractivity contribution in [3.05, 3.63) is 93.7 Å². The lowest BCUT2D eigenvalue weighted by atomic mass is 10.0. The number of nitrogens with zero attached hydrogens (tertiary/aromatic N) is 3. The summed E-state index contributed by atoms with van der Waals surface area (Å²) in [6.07, 6.45) is 0.287. The van der Waals surface area contributed by atoms with Crippen LogP contribution in [0.1, 0.15) is 11.3 Å². The fourth-order valence-electron chi connectivity index (χ4n) is 3.85. The molecular weight excluding hydrogens is 464 g/mol. The topological polar surface area (TPSA) is 76.9 Å². The van der Waals surface area contributed by atoms with Crippen molar-refractivity contribution < 1.29 is 4.79 Å². The minimum atomic E-state index is -0.201. The van der Waals surface area contributed by atoms with Gasteiger partial charge in [0.2, 0.25) is 5.91 Å². The highest BCUT2D eigenvalue weighted by molar-refractivity contribution is 7.23. The molecule has 1 N–H and O–H groups in total. The maximum atomic E-state index is 12.6. The first-order valence-electron chi connectivity index (χ1n) is 10.9. The number of thiazole rings is 1. The van der Waals surface area contributed by atoms with Crippen LogP contribution in [0.25, 0.3) is 31.2 Å². The smallest absolute Gasteiger partial charge is 0.266 e. The van der Waals surface area contributed by atoms with Gasteiger partial charge in [-0.15, -0.1) is 22.7 Å². The third-order valence-corrected chi connectivity index (χ3v) is 7.72. The van der Waals surface area contributed by atoms with Crippen LogP contribution in [0.4, 0.5) is 0 Å². The first kappa shape index (κ1) is 22.2. The summed E-state index contributed by atoms with van der Waals surface area (Å²) in [5.41, 5.74) is 2.37. The molecule has 1 amide bonds. The maximum absolute atomic E-state index is 12.6. The number of fused-ring (bicyclic) bond motifs is 1. The average Bonchev–Trinajstić information content (AvgIpc) is 3.51. The number of hydrogen-bond acceptors (Lipinski definition) is 6. The van der Waals surface area contributed by atoms with E-state index >= 15 is 0 Å². The summed E-state index contributed by atoms with van der Waals surface area (Å²) in [5, 5.41) is 12.6. The zero-order valence-corrected chi connectivity index (χ0v) is 20.2. The van der Waals surface area contributed by atoms with E-state index < -0.39 is 0 Å². The van der Waals surface area contributed by atoms with Gasteiger partial charge in [-0.1, -0.05) is 48.5 Å². The normalized spacial score (nSPS) is 11.1. The van der Waals surface area contributed by atoms with Gasteiger partial charge in [-0.25, -0.2) is 9.67 Å². The third-order valence-electron chi connectivity index (χ3n) is 5.50. The van der Waals surface area contributed by atoms with Gasteiger partial charge >= 0.3 is 0 Å². The first-order valence-corrected chi connectivity index (χ1v) is 12.6. The lowest BCUT2D eigenvalue weighted by molar-refractivity contribution is -0.120. The second-order valence-corrected chi connectivity index (χ2v) is 9.80. The number of benzene rings is 2. The molecule has 170 valence electrons. The van der Waals surface area contributed by atoms with E-state index in [0.29, 0.717) is 18.8 Å². The Labute approximate surface area is 204 Å². The van der Waals surface area contributed by atoms with Gasteiger partial charge in [0.1, 0.15) is 10.7 Å². The largest absolute Gasteiger partial charge is 0.354 e. The molecule has 0 saturated carbocycles. The standard InChI is InChI=1S/C26H22N4O2S2/c1-17-25(34-26(28-17)22-10-5-15-33-22)21-11-12-24(32)30(29-21)14-13-27-23(31)16-19-8-4-7-18-6-2-3-9-20(18)19/h2-12,15H,13-14,16H2,1H3,(H,27,31). The van der Waals surface area contributed by atoms with Crippen LogP contribution in [0.3, 0.4) is 0 Å². The molecule has 0 aliphatic carbocycles. The maximum Gasteiger partial charge on any atom is 0.266 e. The Kier molecular flexibility index (Phi) is 6.33. The third kappa shape index (κ3) is 4.69. The van der Waals surface area contributed by atoms with Crippen molar-refractivity contribution >= 4 is 39.4 Å². The van der Waals surface area contributed by atoms with Crippen molar-refractivity contribution in [3.63, 3.8) is 0 Å². The van der Waals surface area contributed by atoms with Gasteiger partial charge < -0.3 is 5.32 Å². The number of aryl methyl sites for hydroxylation is 1. The predicted molar refractivity (Wildman–Crippen MR) is 138 cm³/mol. The van der Waals surface area contributed by atoms with Crippen LogP contribution in [0.2, 0.25) is 0 Å². The fourth-order valence-corrected chi connectivity index (χ4v) is 5.68. The molecule has 0 atom stereocenters. The average molecular weight is 487 g/mol. The highest BCUT2D eigenvalue weighted by Gasteiger charge is 2.14. The lowest BCUT2D eigenvalue weighted by Gasteiger charge is -2.09. The number of thiophene rings is 1. The molecule has 6 nitrogen and oxygen atoms in total. The number of carbonyl (C=O) groups excluding carboxylic acids is 1. The summed E-state index contributed by atoms with van der Waals surface area (Å²) in [7, 11) is 0. The second-order valence-electron chi connectivity index (χ2n) is 7.86. The van der Waals surface area contributed by atoms with Crippen LogP contribution in [-0.4, -0.2) is 27.2 Å². The summed E-state index contributed by atoms with van der Waals surface area (Å²) >= 11 is 3.21. The Balaban J connectivity index is 1.26. The minimum Gasteiger partial charge on any atom is -0.354 e. The van der Waals surface area contributed by atoms with Crippen molar-refractivity contribution in [1.29, 1.82) is 0 Å². The summed E-state index contributed by atoms with van der Waals surface area (Å²) in [5.74, 6) is -0.0838. The number of carbonyl (C=O) groups is 1. The Morgan fingerprint density at radius 3 is 2.74 bits per heavy atom. The highest BCUT2D eigenvalue weighted by atomic mass is 32.1. The number of amides is 1. The number of aromatic nitrogens is 3. The summed E-state index contributed by atoms with van der Waals surface area (Å²) in [6.45, 7) is 2.57. The zero-order chi connectivity index (χ0) is 23.5. The van der Waals surface area contributed by atoms with E-state index in [2.05, 4.69) is 15.4 Å². The summed E-state index contributed by atoms with van der Waals surface area (Å²) < 4.78 is 1.40. The molecular formula is C26H22N4O2S2. The van der Waals surface area contributed by atoms with E-state index in [1.165, 1.54) is 10.7 Å². The van der Waals surface area contributed by atoms with Crippen molar-refractivity contribution in [2.75, 3.05) is 6.54 Å². The van der Waals surface area contributed by atoms with Gasteiger partial charge in [-0.05, 0) is 40.8 Å². The van der Waals surface area contributed by atoms with Gasteiger partial charge in [0.05, 0.1) is 28.4 Å². The minimum absolute atomic E-state index is 0.0838. The first-order chi connectivity index (χ1) is 16.6. The molecule has 5 aromatic rings. The number of hydrogen-bond donors (Lipinski definition) is 1. The molecule has 3 aromatic heterocycles. The van der Waals surface area contributed by atoms with Gasteiger partial charge in [-0.3, -0.25) is 9.59 Å². The van der Waals surface area contributed by atoms with Crippen molar-refractivity contribution in [2.45, 2.75) is 19.9 Å². The Morgan fingerprint density at radius 1 is 1.03 bits per heavy atom. The Morgan fingerprint density at radius 2 is 1.88 bits per heavy atom. The molecule has 0 saturated heterocycles. The molecule has 34 heavy (non-hydrogen) atoms. The molecule has 5 rings (SSSR count). The molecule has 3 heterocycles. The predicted octanol–water partition coefficient (Wildman–Crippen LogP) is 4.92. The van der Waals surface area contributed by atoms with E-state index in [-0.39, 0.29) is 17.9 Å². The quantitative estimate of drug-likeness (QED) is 0.354.